The monoisotopic (exact) mass is 232 g/mol. The Hall–Kier alpha value is -1.80. The van der Waals surface area contributed by atoms with Gasteiger partial charge in [0.15, 0.2) is 0 Å². The van der Waals surface area contributed by atoms with Crippen molar-refractivity contribution >= 4 is 17.2 Å². The van der Waals surface area contributed by atoms with E-state index in [2.05, 4.69) is 11.1 Å². The molecule has 0 radical (unpaired) electrons. The standard InChI is InChI=1S/C11H12N4S/c1-7-8(2)15(11(13)10(7)3-12)5-9-4-14-6-16-9/h4,6H,5,13H2,1-2H3. The van der Waals surface area contributed by atoms with Gasteiger partial charge in [-0.05, 0) is 19.4 Å². The Labute approximate surface area is 98.0 Å². The minimum Gasteiger partial charge on any atom is -0.384 e. The van der Waals surface area contributed by atoms with Gasteiger partial charge in [0.25, 0.3) is 0 Å². The van der Waals surface area contributed by atoms with Crippen molar-refractivity contribution in [3.63, 3.8) is 0 Å². The molecule has 0 aliphatic rings. The average Bonchev–Trinajstić information content (AvgIpc) is 2.83. The summed E-state index contributed by atoms with van der Waals surface area (Å²) in [7, 11) is 0. The predicted molar refractivity (Wildman–Crippen MR) is 64.2 cm³/mol. The molecule has 2 aromatic heterocycles. The molecular weight excluding hydrogens is 220 g/mol. The maximum absolute atomic E-state index is 9.01. The van der Waals surface area contributed by atoms with Crippen LogP contribution in [0.5, 0.6) is 0 Å². The topological polar surface area (TPSA) is 67.6 Å². The molecule has 2 heterocycles. The van der Waals surface area contributed by atoms with Gasteiger partial charge in [-0.15, -0.1) is 11.3 Å². The summed E-state index contributed by atoms with van der Waals surface area (Å²) in [6.45, 7) is 4.59. The molecule has 16 heavy (non-hydrogen) atoms. The molecule has 0 saturated heterocycles. The van der Waals surface area contributed by atoms with Gasteiger partial charge in [-0.25, -0.2) is 0 Å². The molecule has 0 aromatic carbocycles. The number of nitriles is 1. The molecule has 0 fully saturated rings. The second-order valence-electron chi connectivity index (χ2n) is 3.64. The third-order valence-corrected chi connectivity index (χ3v) is 3.54. The summed E-state index contributed by atoms with van der Waals surface area (Å²) in [5.74, 6) is 0.547. The number of nitrogens with zero attached hydrogens (tertiary/aromatic N) is 3. The normalized spacial score (nSPS) is 10.3. The van der Waals surface area contributed by atoms with Crippen molar-refractivity contribution < 1.29 is 0 Å². The molecule has 0 aliphatic carbocycles. The highest BCUT2D eigenvalue weighted by atomic mass is 32.1. The highest BCUT2D eigenvalue weighted by Crippen LogP contribution is 2.25. The molecule has 0 amide bonds. The molecule has 2 aromatic rings. The fraction of sp³-hybridized carbons (Fsp3) is 0.273. The Morgan fingerprint density at radius 3 is 2.81 bits per heavy atom. The predicted octanol–water partition coefficient (Wildman–Crippen LogP) is 2.06. The Morgan fingerprint density at radius 1 is 1.56 bits per heavy atom. The lowest BCUT2D eigenvalue weighted by atomic mass is 10.2. The van der Waals surface area contributed by atoms with Crippen LogP contribution >= 0.6 is 11.3 Å². The Kier molecular flexibility index (Phi) is 2.67. The highest BCUT2D eigenvalue weighted by molar-refractivity contribution is 7.09. The largest absolute Gasteiger partial charge is 0.384 e. The SMILES string of the molecule is Cc1c(C#N)c(N)n(Cc2cncs2)c1C. The number of nitrogen functional groups attached to an aromatic ring is 1. The van der Waals surface area contributed by atoms with E-state index in [1.54, 1.807) is 16.8 Å². The summed E-state index contributed by atoms with van der Waals surface area (Å²) in [4.78, 5) is 5.16. The molecule has 82 valence electrons. The number of nitrogens with two attached hydrogens (primary N) is 1. The zero-order chi connectivity index (χ0) is 11.7. The van der Waals surface area contributed by atoms with E-state index in [0.29, 0.717) is 17.9 Å². The molecule has 0 spiro atoms. The van der Waals surface area contributed by atoms with Gasteiger partial charge in [0.05, 0.1) is 17.6 Å². The van der Waals surface area contributed by atoms with E-state index in [0.717, 1.165) is 16.1 Å². The van der Waals surface area contributed by atoms with Gasteiger partial charge in [0.2, 0.25) is 0 Å². The first-order valence-corrected chi connectivity index (χ1v) is 5.75. The zero-order valence-electron chi connectivity index (χ0n) is 9.19. The minimum atomic E-state index is 0.547. The molecule has 2 N–H and O–H groups in total. The number of aromatic nitrogens is 2. The molecule has 0 bridgehead atoms. The third-order valence-electron chi connectivity index (χ3n) is 2.78. The molecule has 4 nitrogen and oxygen atoms in total. The lowest BCUT2D eigenvalue weighted by molar-refractivity contribution is 0.793. The van der Waals surface area contributed by atoms with E-state index >= 15 is 0 Å². The number of anilines is 1. The van der Waals surface area contributed by atoms with Gasteiger partial charge in [-0.3, -0.25) is 4.98 Å². The first-order valence-electron chi connectivity index (χ1n) is 4.87. The highest BCUT2D eigenvalue weighted by Gasteiger charge is 2.15. The summed E-state index contributed by atoms with van der Waals surface area (Å²) >= 11 is 1.59. The fourth-order valence-corrected chi connectivity index (χ4v) is 2.29. The quantitative estimate of drug-likeness (QED) is 0.861. The smallest absolute Gasteiger partial charge is 0.122 e. The number of hydrogen-bond donors (Lipinski definition) is 1. The van der Waals surface area contributed by atoms with Crippen molar-refractivity contribution in [1.29, 1.82) is 5.26 Å². The van der Waals surface area contributed by atoms with E-state index in [4.69, 9.17) is 11.0 Å². The van der Waals surface area contributed by atoms with E-state index in [1.807, 2.05) is 24.6 Å². The van der Waals surface area contributed by atoms with Crippen LogP contribution in [-0.4, -0.2) is 9.55 Å². The van der Waals surface area contributed by atoms with Crippen molar-refractivity contribution in [3.05, 3.63) is 33.4 Å². The molecule has 0 unspecified atom stereocenters. The summed E-state index contributed by atoms with van der Waals surface area (Å²) < 4.78 is 1.96. The van der Waals surface area contributed by atoms with Gasteiger partial charge < -0.3 is 10.3 Å². The van der Waals surface area contributed by atoms with Gasteiger partial charge in [0.1, 0.15) is 11.9 Å². The second-order valence-corrected chi connectivity index (χ2v) is 4.61. The van der Waals surface area contributed by atoms with Crippen LogP contribution in [0, 0.1) is 25.2 Å². The van der Waals surface area contributed by atoms with E-state index in [9.17, 15) is 0 Å². The molecule has 0 saturated carbocycles. The Bertz CT molecular complexity index is 546. The van der Waals surface area contributed by atoms with Crippen molar-refractivity contribution in [2.75, 3.05) is 5.73 Å². The summed E-state index contributed by atoms with van der Waals surface area (Å²) in [5, 5.41) is 9.01. The Balaban J connectivity index is 2.46. The third kappa shape index (κ3) is 1.57. The van der Waals surface area contributed by atoms with Crippen molar-refractivity contribution in [2.45, 2.75) is 20.4 Å². The van der Waals surface area contributed by atoms with Crippen LogP contribution in [0.4, 0.5) is 5.82 Å². The van der Waals surface area contributed by atoms with Crippen molar-refractivity contribution in [2.24, 2.45) is 0 Å². The fourth-order valence-electron chi connectivity index (χ4n) is 1.71. The lowest BCUT2D eigenvalue weighted by Gasteiger charge is -2.06. The summed E-state index contributed by atoms with van der Waals surface area (Å²) in [5.41, 5.74) is 10.3. The maximum Gasteiger partial charge on any atom is 0.122 e. The van der Waals surface area contributed by atoms with Crippen LogP contribution in [0.2, 0.25) is 0 Å². The van der Waals surface area contributed by atoms with Gasteiger partial charge >= 0.3 is 0 Å². The van der Waals surface area contributed by atoms with E-state index < -0.39 is 0 Å². The first-order chi connectivity index (χ1) is 7.65. The summed E-state index contributed by atoms with van der Waals surface area (Å²) in [6.07, 6.45) is 1.82. The minimum absolute atomic E-state index is 0.547. The van der Waals surface area contributed by atoms with Gasteiger partial charge in [0, 0.05) is 16.8 Å². The molecule has 5 heteroatoms. The molecule has 0 atom stereocenters. The number of rotatable bonds is 2. The first kappa shape index (κ1) is 10.7. The molecular formula is C11H12N4S. The molecule has 0 aliphatic heterocycles. The molecule has 2 rings (SSSR count). The zero-order valence-corrected chi connectivity index (χ0v) is 10.0. The van der Waals surface area contributed by atoms with Crippen LogP contribution < -0.4 is 5.73 Å². The van der Waals surface area contributed by atoms with Crippen molar-refractivity contribution in [3.8, 4) is 6.07 Å². The van der Waals surface area contributed by atoms with E-state index in [-0.39, 0.29) is 0 Å². The average molecular weight is 232 g/mol. The van der Waals surface area contributed by atoms with Crippen molar-refractivity contribution in [1.82, 2.24) is 9.55 Å². The van der Waals surface area contributed by atoms with Crippen LogP contribution in [0.25, 0.3) is 0 Å². The maximum atomic E-state index is 9.01. The summed E-state index contributed by atoms with van der Waals surface area (Å²) in [6, 6.07) is 2.15. The number of hydrogen-bond acceptors (Lipinski definition) is 4. The van der Waals surface area contributed by atoms with E-state index in [1.165, 1.54) is 0 Å². The lowest BCUT2D eigenvalue weighted by Crippen LogP contribution is -2.05. The Morgan fingerprint density at radius 2 is 2.31 bits per heavy atom. The van der Waals surface area contributed by atoms with Crippen LogP contribution in [0.15, 0.2) is 11.7 Å². The van der Waals surface area contributed by atoms with Crippen LogP contribution in [0.1, 0.15) is 21.7 Å². The van der Waals surface area contributed by atoms with Gasteiger partial charge in [-0.2, -0.15) is 5.26 Å². The van der Waals surface area contributed by atoms with Crippen LogP contribution in [0.3, 0.4) is 0 Å². The second kappa shape index (κ2) is 3.99. The van der Waals surface area contributed by atoms with Crippen LogP contribution in [-0.2, 0) is 6.54 Å². The number of thiazole rings is 1. The van der Waals surface area contributed by atoms with Gasteiger partial charge in [-0.1, -0.05) is 0 Å².